The minimum atomic E-state index is -0.186. The van der Waals surface area contributed by atoms with E-state index in [1.165, 1.54) is 0 Å². The summed E-state index contributed by atoms with van der Waals surface area (Å²) >= 11 is 0. The van der Waals surface area contributed by atoms with Crippen LogP contribution in [0.15, 0.2) is 0 Å². The number of carbonyl (C=O) groups is 1. The molecule has 0 spiro atoms. The molecule has 19 heavy (non-hydrogen) atoms. The van der Waals surface area contributed by atoms with Gasteiger partial charge < -0.3 is 18.9 Å². The predicted octanol–water partition coefficient (Wildman–Crippen LogP) is 2.53. The summed E-state index contributed by atoms with van der Waals surface area (Å²) < 4.78 is 20.5. The van der Waals surface area contributed by atoms with E-state index in [1.54, 1.807) is 6.92 Å². The van der Waals surface area contributed by atoms with Crippen LogP contribution < -0.4 is 0 Å². The van der Waals surface area contributed by atoms with Gasteiger partial charge >= 0.3 is 5.97 Å². The van der Waals surface area contributed by atoms with Gasteiger partial charge in [-0.1, -0.05) is 12.8 Å². The summed E-state index contributed by atoms with van der Waals surface area (Å²) in [5.41, 5.74) is 0. The van der Waals surface area contributed by atoms with Gasteiger partial charge in [0.15, 0.2) is 0 Å². The number of ether oxygens (including phenoxy) is 4. The fourth-order valence-electron chi connectivity index (χ4n) is 1.45. The number of unbranched alkanes of at least 4 members (excludes halogenated alkanes) is 3. The lowest BCUT2D eigenvalue weighted by Gasteiger charge is -2.05. The van der Waals surface area contributed by atoms with Crippen molar-refractivity contribution in [3.63, 3.8) is 0 Å². The lowest BCUT2D eigenvalue weighted by molar-refractivity contribution is -0.144. The normalized spacial score (nSPS) is 10.6. The third-order valence-electron chi connectivity index (χ3n) is 2.45. The molecule has 0 aromatic heterocycles. The molecule has 0 aromatic carbocycles. The van der Waals surface area contributed by atoms with E-state index in [4.69, 9.17) is 18.9 Å². The minimum Gasteiger partial charge on any atom is -0.466 e. The molecule has 0 unspecified atom stereocenters. The van der Waals surface area contributed by atoms with Crippen LogP contribution in [0.4, 0.5) is 0 Å². The van der Waals surface area contributed by atoms with Crippen molar-refractivity contribution in [1.29, 1.82) is 0 Å². The largest absolute Gasteiger partial charge is 0.466 e. The van der Waals surface area contributed by atoms with E-state index >= 15 is 0 Å². The van der Waals surface area contributed by atoms with Crippen molar-refractivity contribution >= 4 is 5.97 Å². The van der Waals surface area contributed by atoms with Crippen molar-refractivity contribution in [1.82, 2.24) is 0 Å². The molecule has 5 nitrogen and oxygen atoms in total. The van der Waals surface area contributed by atoms with Crippen LogP contribution in [0.5, 0.6) is 0 Å². The minimum absolute atomic E-state index is 0.186. The van der Waals surface area contributed by atoms with E-state index in [1.807, 2.05) is 6.92 Å². The van der Waals surface area contributed by atoms with E-state index in [9.17, 15) is 4.79 Å². The third-order valence-corrected chi connectivity index (χ3v) is 2.45. The van der Waals surface area contributed by atoms with E-state index < -0.39 is 0 Å². The highest BCUT2D eigenvalue weighted by Gasteiger charge is 2.00. The Labute approximate surface area is 116 Å². The standard InChI is InChI=1S/C14H28O5/c1-3-16-13-18-11-8-6-5-7-10-17-12-9-14(15)19-4-2/h3-13H2,1-2H3. The summed E-state index contributed by atoms with van der Waals surface area (Å²) in [5, 5.41) is 0. The van der Waals surface area contributed by atoms with Crippen molar-refractivity contribution in [2.75, 3.05) is 39.8 Å². The van der Waals surface area contributed by atoms with Crippen molar-refractivity contribution in [2.24, 2.45) is 0 Å². The van der Waals surface area contributed by atoms with Gasteiger partial charge in [-0.05, 0) is 26.7 Å². The van der Waals surface area contributed by atoms with Crippen molar-refractivity contribution in [2.45, 2.75) is 46.0 Å². The number of hydrogen-bond donors (Lipinski definition) is 0. The Balaban J connectivity index is 3.01. The van der Waals surface area contributed by atoms with Crippen LogP contribution in [0.1, 0.15) is 46.0 Å². The highest BCUT2D eigenvalue weighted by Crippen LogP contribution is 2.01. The van der Waals surface area contributed by atoms with E-state index in [0.29, 0.717) is 39.6 Å². The Morgan fingerprint density at radius 1 is 0.789 bits per heavy atom. The number of hydrogen-bond acceptors (Lipinski definition) is 5. The van der Waals surface area contributed by atoms with Gasteiger partial charge in [-0.3, -0.25) is 4.79 Å². The molecule has 0 aliphatic heterocycles. The van der Waals surface area contributed by atoms with Gasteiger partial charge in [-0.25, -0.2) is 0 Å². The van der Waals surface area contributed by atoms with Crippen LogP contribution in [-0.4, -0.2) is 45.8 Å². The second-order valence-electron chi connectivity index (χ2n) is 4.10. The summed E-state index contributed by atoms with van der Waals surface area (Å²) in [7, 11) is 0. The number of esters is 1. The molecule has 5 heteroatoms. The topological polar surface area (TPSA) is 54.0 Å². The molecule has 0 bridgehead atoms. The SMILES string of the molecule is CCOCOCCCCCCOCCC(=O)OCC. The molecule has 114 valence electrons. The number of rotatable bonds is 14. The van der Waals surface area contributed by atoms with Crippen LogP contribution >= 0.6 is 0 Å². The fraction of sp³-hybridized carbons (Fsp3) is 0.929. The van der Waals surface area contributed by atoms with Crippen LogP contribution in [-0.2, 0) is 23.7 Å². The van der Waals surface area contributed by atoms with Gasteiger partial charge in [0.05, 0.1) is 19.6 Å². The molecule has 0 amide bonds. The second kappa shape index (κ2) is 15.4. The average molecular weight is 276 g/mol. The van der Waals surface area contributed by atoms with Gasteiger partial charge in [-0.15, -0.1) is 0 Å². The van der Waals surface area contributed by atoms with Crippen LogP contribution in [0, 0.1) is 0 Å². The lowest BCUT2D eigenvalue weighted by atomic mass is 10.2. The molecule has 0 N–H and O–H groups in total. The zero-order valence-electron chi connectivity index (χ0n) is 12.3. The molecule has 0 aliphatic carbocycles. The van der Waals surface area contributed by atoms with E-state index in [-0.39, 0.29) is 5.97 Å². The molecule has 0 radical (unpaired) electrons. The zero-order valence-corrected chi connectivity index (χ0v) is 12.3. The maximum Gasteiger partial charge on any atom is 0.308 e. The number of carbonyl (C=O) groups excluding carboxylic acids is 1. The Hall–Kier alpha value is -0.650. The average Bonchev–Trinajstić information content (AvgIpc) is 2.40. The quantitative estimate of drug-likeness (QED) is 0.277. The van der Waals surface area contributed by atoms with Crippen LogP contribution in [0.25, 0.3) is 0 Å². The Bertz CT molecular complexity index is 196. The van der Waals surface area contributed by atoms with Gasteiger partial charge in [0, 0.05) is 19.8 Å². The summed E-state index contributed by atoms with van der Waals surface area (Å²) in [6.45, 7) is 7.20. The summed E-state index contributed by atoms with van der Waals surface area (Å²) in [5.74, 6) is -0.186. The molecule has 0 aromatic rings. The molecule has 0 saturated heterocycles. The molecule has 0 aliphatic rings. The lowest BCUT2D eigenvalue weighted by Crippen LogP contribution is -2.08. The summed E-state index contributed by atoms with van der Waals surface area (Å²) in [6, 6.07) is 0. The smallest absolute Gasteiger partial charge is 0.308 e. The molecular formula is C14H28O5. The first-order chi connectivity index (χ1) is 9.31. The first-order valence-electron chi connectivity index (χ1n) is 7.20. The molecule has 0 heterocycles. The molecule has 0 atom stereocenters. The van der Waals surface area contributed by atoms with E-state index in [0.717, 1.165) is 32.3 Å². The first kappa shape index (κ1) is 18.4. The maximum absolute atomic E-state index is 11.0. The Kier molecular flexibility index (Phi) is 14.9. The summed E-state index contributed by atoms with van der Waals surface area (Å²) in [4.78, 5) is 11.0. The van der Waals surface area contributed by atoms with E-state index in [2.05, 4.69) is 0 Å². The van der Waals surface area contributed by atoms with Gasteiger partial charge in [0.25, 0.3) is 0 Å². The highest BCUT2D eigenvalue weighted by molar-refractivity contribution is 5.69. The van der Waals surface area contributed by atoms with Crippen LogP contribution in [0.3, 0.4) is 0 Å². The highest BCUT2D eigenvalue weighted by atomic mass is 16.7. The third kappa shape index (κ3) is 15.3. The van der Waals surface area contributed by atoms with Crippen molar-refractivity contribution in [3.8, 4) is 0 Å². The monoisotopic (exact) mass is 276 g/mol. The van der Waals surface area contributed by atoms with Crippen molar-refractivity contribution in [3.05, 3.63) is 0 Å². The molecule has 0 rings (SSSR count). The molecule has 0 fully saturated rings. The van der Waals surface area contributed by atoms with Gasteiger partial charge in [0.1, 0.15) is 6.79 Å². The Morgan fingerprint density at radius 2 is 1.47 bits per heavy atom. The van der Waals surface area contributed by atoms with Gasteiger partial charge in [-0.2, -0.15) is 0 Å². The first-order valence-corrected chi connectivity index (χ1v) is 7.20. The van der Waals surface area contributed by atoms with Gasteiger partial charge in [0.2, 0.25) is 0 Å². The van der Waals surface area contributed by atoms with Crippen LogP contribution in [0.2, 0.25) is 0 Å². The second-order valence-corrected chi connectivity index (χ2v) is 4.10. The maximum atomic E-state index is 11.0. The molecular weight excluding hydrogens is 248 g/mol. The zero-order chi connectivity index (χ0) is 14.2. The molecule has 0 saturated carbocycles. The Morgan fingerprint density at radius 3 is 2.11 bits per heavy atom. The summed E-state index contributed by atoms with van der Waals surface area (Å²) in [6.07, 6.45) is 4.67. The predicted molar refractivity (Wildman–Crippen MR) is 73.0 cm³/mol. The van der Waals surface area contributed by atoms with Crippen molar-refractivity contribution < 1.29 is 23.7 Å². The fourth-order valence-corrected chi connectivity index (χ4v) is 1.45.